The van der Waals surface area contributed by atoms with Crippen LogP contribution in [0.25, 0.3) is 11.0 Å². The van der Waals surface area contributed by atoms with Gasteiger partial charge >= 0.3 is 5.69 Å². The van der Waals surface area contributed by atoms with Crippen molar-refractivity contribution < 1.29 is 0 Å². The van der Waals surface area contributed by atoms with Gasteiger partial charge in [0.05, 0.1) is 17.1 Å². The van der Waals surface area contributed by atoms with Crippen LogP contribution < -0.4 is 11.0 Å². The van der Waals surface area contributed by atoms with E-state index in [1.807, 2.05) is 37.4 Å². The molecule has 4 nitrogen and oxygen atoms in total. The van der Waals surface area contributed by atoms with E-state index >= 15 is 0 Å². The molecule has 3 rings (SSSR count). The Morgan fingerprint density at radius 1 is 1.10 bits per heavy atom. The summed E-state index contributed by atoms with van der Waals surface area (Å²) in [5, 5.41) is 3.31. The van der Waals surface area contributed by atoms with Gasteiger partial charge in [-0.05, 0) is 30.3 Å². The van der Waals surface area contributed by atoms with Crippen LogP contribution in [0.15, 0.2) is 51.7 Å². The molecule has 1 aromatic heterocycles. The van der Waals surface area contributed by atoms with Gasteiger partial charge in [0.2, 0.25) is 0 Å². The summed E-state index contributed by atoms with van der Waals surface area (Å²) in [5.41, 5.74) is 3.68. The van der Waals surface area contributed by atoms with Crippen molar-refractivity contribution in [2.24, 2.45) is 0 Å². The highest BCUT2D eigenvalue weighted by atomic mass is 79.9. The topological polar surface area (TPSA) is 60.7 Å². The van der Waals surface area contributed by atoms with E-state index in [0.29, 0.717) is 0 Å². The third-order valence-corrected chi connectivity index (χ3v) is 4.05. The van der Waals surface area contributed by atoms with Crippen LogP contribution in [0, 0.1) is 0 Å². The Morgan fingerprint density at radius 3 is 2.40 bits per heavy atom. The van der Waals surface area contributed by atoms with E-state index in [0.717, 1.165) is 21.1 Å². The first-order valence-corrected chi connectivity index (χ1v) is 7.12. The first-order valence-electron chi connectivity index (χ1n) is 6.32. The van der Waals surface area contributed by atoms with Crippen molar-refractivity contribution in [1.29, 1.82) is 0 Å². The zero-order valence-electron chi connectivity index (χ0n) is 10.9. The van der Waals surface area contributed by atoms with Crippen LogP contribution in [0.1, 0.15) is 17.2 Å². The molecule has 3 N–H and O–H groups in total. The number of H-pyrrole nitrogens is 2. The Kier molecular flexibility index (Phi) is 3.46. The number of benzene rings is 2. The molecule has 0 fully saturated rings. The number of aromatic nitrogens is 2. The lowest BCUT2D eigenvalue weighted by Gasteiger charge is -2.18. The lowest BCUT2D eigenvalue weighted by molar-refractivity contribution is 0.690. The highest BCUT2D eigenvalue weighted by Gasteiger charge is 2.16. The summed E-state index contributed by atoms with van der Waals surface area (Å²) in [6, 6.07) is 14.2. The van der Waals surface area contributed by atoms with Gasteiger partial charge in [-0.3, -0.25) is 0 Å². The Bertz CT molecular complexity index is 792. The Hall–Kier alpha value is -1.85. The van der Waals surface area contributed by atoms with Crippen LogP contribution >= 0.6 is 15.9 Å². The monoisotopic (exact) mass is 331 g/mol. The van der Waals surface area contributed by atoms with Crippen molar-refractivity contribution in [2.45, 2.75) is 6.04 Å². The first kappa shape index (κ1) is 13.1. The third-order valence-electron chi connectivity index (χ3n) is 3.37. The zero-order chi connectivity index (χ0) is 14.1. The van der Waals surface area contributed by atoms with Crippen molar-refractivity contribution >= 4 is 27.0 Å². The second kappa shape index (κ2) is 5.26. The minimum atomic E-state index is -0.190. The second-order valence-electron chi connectivity index (χ2n) is 4.63. The van der Waals surface area contributed by atoms with Crippen LogP contribution in [-0.2, 0) is 0 Å². The van der Waals surface area contributed by atoms with Crippen molar-refractivity contribution in [3.63, 3.8) is 0 Å². The smallest absolute Gasteiger partial charge is 0.309 e. The summed E-state index contributed by atoms with van der Waals surface area (Å²) < 4.78 is 0.962. The molecule has 0 spiro atoms. The number of fused-ring (bicyclic) bond motifs is 1. The molecule has 20 heavy (non-hydrogen) atoms. The summed E-state index contributed by atoms with van der Waals surface area (Å²) in [6.07, 6.45) is 0. The van der Waals surface area contributed by atoms with E-state index in [4.69, 9.17) is 0 Å². The minimum Gasteiger partial charge on any atom is -0.309 e. The van der Waals surface area contributed by atoms with E-state index in [9.17, 15) is 4.79 Å². The second-order valence-corrected chi connectivity index (χ2v) is 5.49. The fourth-order valence-corrected chi connectivity index (χ4v) is 3.01. The molecular weight excluding hydrogens is 318 g/mol. The van der Waals surface area contributed by atoms with Gasteiger partial charge in [0.25, 0.3) is 0 Å². The van der Waals surface area contributed by atoms with Gasteiger partial charge in [-0.1, -0.05) is 46.3 Å². The fourth-order valence-electron chi connectivity index (χ4n) is 2.44. The van der Waals surface area contributed by atoms with E-state index in [2.05, 4.69) is 43.3 Å². The number of hydrogen-bond donors (Lipinski definition) is 3. The molecule has 102 valence electrons. The average molecular weight is 332 g/mol. The molecule has 2 aromatic carbocycles. The van der Waals surface area contributed by atoms with Crippen molar-refractivity contribution in [2.75, 3.05) is 7.05 Å². The van der Waals surface area contributed by atoms with Gasteiger partial charge in [-0.25, -0.2) is 4.79 Å². The van der Waals surface area contributed by atoms with Gasteiger partial charge < -0.3 is 15.3 Å². The van der Waals surface area contributed by atoms with E-state index in [-0.39, 0.29) is 11.7 Å². The molecule has 5 heteroatoms. The lowest BCUT2D eigenvalue weighted by atomic mass is 9.98. The van der Waals surface area contributed by atoms with Crippen LogP contribution in [0.4, 0.5) is 0 Å². The summed E-state index contributed by atoms with van der Waals surface area (Å²) in [6.45, 7) is 0. The standard InChI is InChI=1S/C15H14BrN3O/c1-17-14(9-5-3-2-4-6-9)10-7-12-13(8-11(10)16)19-15(20)18-12/h2-8,14,17H,1H3,(H2,18,19,20). The van der Waals surface area contributed by atoms with Gasteiger partial charge in [-0.15, -0.1) is 0 Å². The average Bonchev–Trinajstić information content (AvgIpc) is 2.80. The van der Waals surface area contributed by atoms with Crippen molar-refractivity contribution in [3.05, 3.63) is 68.5 Å². The van der Waals surface area contributed by atoms with Gasteiger partial charge in [0, 0.05) is 4.47 Å². The normalized spacial score (nSPS) is 12.7. The molecule has 0 radical (unpaired) electrons. The molecule has 0 saturated heterocycles. The van der Waals surface area contributed by atoms with Crippen molar-refractivity contribution in [3.8, 4) is 0 Å². The first-order chi connectivity index (χ1) is 9.69. The maximum absolute atomic E-state index is 11.4. The number of hydrogen-bond acceptors (Lipinski definition) is 2. The van der Waals surface area contributed by atoms with Gasteiger partial charge in [0.15, 0.2) is 0 Å². The molecule has 0 bridgehead atoms. The summed E-state index contributed by atoms with van der Waals surface area (Å²) in [4.78, 5) is 16.9. The van der Waals surface area contributed by atoms with Gasteiger partial charge in [-0.2, -0.15) is 0 Å². The number of imidazole rings is 1. The number of halogens is 1. The Labute approximate surface area is 124 Å². The Balaban J connectivity index is 2.16. The molecule has 0 saturated carbocycles. The van der Waals surface area contributed by atoms with Crippen LogP contribution in [0.2, 0.25) is 0 Å². The number of nitrogens with one attached hydrogen (secondary N) is 3. The maximum Gasteiger partial charge on any atom is 0.323 e. The minimum absolute atomic E-state index is 0.0633. The molecule has 0 aliphatic carbocycles. The van der Waals surface area contributed by atoms with Gasteiger partial charge in [0.1, 0.15) is 0 Å². The SMILES string of the molecule is CNC(c1ccccc1)c1cc2[nH]c(=O)[nH]c2cc1Br. The van der Waals surface area contributed by atoms with E-state index < -0.39 is 0 Å². The largest absolute Gasteiger partial charge is 0.323 e. The maximum atomic E-state index is 11.4. The number of rotatable bonds is 3. The summed E-state index contributed by atoms with van der Waals surface area (Å²) in [5.74, 6) is 0. The number of aromatic amines is 2. The van der Waals surface area contributed by atoms with E-state index in [1.54, 1.807) is 0 Å². The van der Waals surface area contributed by atoms with E-state index in [1.165, 1.54) is 5.56 Å². The molecule has 0 aliphatic heterocycles. The molecule has 0 aliphatic rings. The highest BCUT2D eigenvalue weighted by molar-refractivity contribution is 9.10. The third kappa shape index (κ3) is 2.30. The zero-order valence-corrected chi connectivity index (χ0v) is 12.5. The fraction of sp³-hybridized carbons (Fsp3) is 0.133. The quantitative estimate of drug-likeness (QED) is 0.691. The molecule has 3 aromatic rings. The molecular formula is C15H14BrN3O. The lowest BCUT2D eigenvalue weighted by Crippen LogP contribution is -2.18. The van der Waals surface area contributed by atoms with Crippen LogP contribution in [-0.4, -0.2) is 17.0 Å². The Morgan fingerprint density at radius 2 is 1.75 bits per heavy atom. The summed E-state index contributed by atoms with van der Waals surface area (Å²) >= 11 is 3.59. The molecule has 1 unspecified atom stereocenters. The predicted octanol–water partition coefficient (Wildman–Crippen LogP) is 2.93. The summed E-state index contributed by atoms with van der Waals surface area (Å²) in [7, 11) is 1.92. The predicted molar refractivity (Wildman–Crippen MR) is 84.0 cm³/mol. The van der Waals surface area contributed by atoms with Crippen molar-refractivity contribution in [1.82, 2.24) is 15.3 Å². The van der Waals surface area contributed by atoms with Crippen LogP contribution in [0.5, 0.6) is 0 Å². The molecule has 1 atom stereocenters. The van der Waals surface area contributed by atoms with Crippen LogP contribution in [0.3, 0.4) is 0 Å². The molecule has 0 amide bonds. The highest BCUT2D eigenvalue weighted by Crippen LogP contribution is 2.30. The molecule has 1 heterocycles.